The number of nitrogens with zero attached hydrogens (tertiary/aromatic N) is 1. The third-order valence-corrected chi connectivity index (χ3v) is 2.86. The normalized spacial score (nSPS) is 13.1. The maximum atomic E-state index is 12.2. The van der Waals surface area contributed by atoms with E-state index in [4.69, 9.17) is 11.1 Å². The second-order valence-corrected chi connectivity index (χ2v) is 4.89. The molecule has 0 aromatic rings. The highest BCUT2D eigenvalue weighted by Crippen LogP contribution is 2.22. The molecular formula is C11H22F3N3. The van der Waals surface area contributed by atoms with Crippen LogP contribution in [-0.4, -0.2) is 36.5 Å². The SMILES string of the molecule is CCN(CCCC(C)(C)C(=N)N)CC(F)(F)F. The number of hydrogen-bond acceptors (Lipinski definition) is 2. The van der Waals surface area contributed by atoms with Gasteiger partial charge < -0.3 is 5.73 Å². The topological polar surface area (TPSA) is 53.1 Å². The molecule has 0 radical (unpaired) electrons. The molecule has 0 aliphatic heterocycles. The van der Waals surface area contributed by atoms with Crippen LogP contribution in [0.15, 0.2) is 0 Å². The zero-order valence-corrected chi connectivity index (χ0v) is 10.7. The minimum Gasteiger partial charge on any atom is -0.387 e. The van der Waals surface area contributed by atoms with Gasteiger partial charge in [0.05, 0.1) is 12.4 Å². The van der Waals surface area contributed by atoms with E-state index in [0.29, 0.717) is 25.9 Å². The number of hydrogen-bond donors (Lipinski definition) is 2. The van der Waals surface area contributed by atoms with Gasteiger partial charge in [-0.05, 0) is 25.9 Å². The van der Waals surface area contributed by atoms with Gasteiger partial charge in [-0.15, -0.1) is 0 Å². The lowest BCUT2D eigenvalue weighted by Crippen LogP contribution is -2.36. The number of nitrogens with one attached hydrogen (secondary N) is 1. The third-order valence-electron chi connectivity index (χ3n) is 2.86. The zero-order valence-electron chi connectivity index (χ0n) is 10.7. The summed E-state index contributed by atoms with van der Waals surface area (Å²) in [5.41, 5.74) is 4.98. The Hall–Kier alpha value is -0.780. The molecule has 0 aromatic heterocycles. The summed E-state index contributed by atoms with van der Waals surface area (Å²) in [7, 11) is 0. The summed E-state index contributed by atoms with van der Waals surface area (Å²) < 4.78 is 36.6. The predicted molar refractivity (Wildman–Crippen MR) is 63.1 cm³/mol. The summed E-state index contributed by atoms with van der Waals surface area (Å²) in [6.07, 6.45) is -2.92. The van der Waals surface area contributed by atoms with Gasteiger partial charge in [0, 0.05) is 5.41 Å². The predicted octanol–water partition coefficient (Wildman–Crippen LogP) is 2.61. The minimum absolute atomic E-state index is 0.0800. The second kappa shape index (κ2) is 6.23. The van der Waals surface area contributed by atoms with E-state index in [0.717, 1.165) is 0 Å². The van der Waals surface area contributed by atoms with Crippen molar-refractivity contribution in [2.45, 2.75) is 39.8 Å². The monoisotopic (exact) mass is 253 g/mol. The molecule has 0 aliphatic carbocycles. The van der Waals surface area contributed by atoms with E-state index in [-0.39, 0.29) is 5.84 Å². The first-order valence-corrected chi connectivity index (χ1v) is 5.72. The molecule has 0 amide bonds. The number of amidine groups is 1. The van der Waals surface area contributed by atoms with Crippen molar-refractivity contribution in [3.05, 3.63) is 0 Å². The van der Waals surface area contributed by atoms with Gasteiger partial charge in [0.25, 0.3) is 0 Å². The molecule has 6 heteroatoms. The van der Waals surface area contributed by atoms with Crippen LogP contribution in [0.2, 0.25) is 0 Å². The van der Waals surface area contributed by atoms with Gasteiger partial charge in [-0.3, -0.25) is 10.3 Å². The number of nitrogens with two attached hydrogens (primary N) is 1. The van der Waals surface area contributed by atoms with Crippen molar-refractivity contribution in [2.75, 3.05) is 19.6 Å². The summed E-state index contributed by atoms with van der Waals surface area (Å²) >= 11 is 0. The molecule has 0 spiro atoms. The fraction of sp³-hybridized carbons (Fsp3) is 0.909. The van der Waals surface area contributed by atoms with Gasteiger partial charge in [0.2, 0.25) is 0 Å². The highest BCUT2D eigenvalue weighted by atomic mass is 19.4. The Balaban J connectivity index is 4.05. The van der Waals surface area contributed by atoms with E-state index in [1.807, 2.05) is 13.8 Å². The van der Waals surface area contributed by atoms with Gasteiger partial charge in [-0.25, -0.2) is 0 Å². The van der Waals surface area contributed by atoms with Crippen LogP contribution in [0.4, 0.5) is 13.2 Å². The van der Waals surface area contributed by atoms with Crippen molar-refractivity contribution in [3.63, 3.8) is 0 Å². The van der Waals surface area contributed by atoms with Crippen molar-refractivity contribution in [1.29, 1.82) is 5.41 Å². The highest BCUT2D eigenvalue weighted by Gasteiger charge is 2.30. The molecule has 102 valence electrons. The Kier molecular flexibility index (Phi) is 5.95. The van der Waals surface area contributed by atoms with Crippen LogP contribution in [-0.2, 0) is 0 Å². The molecule has 0 saturated carbocycles. The Morgan fingerprint density at radius 1 is 1.29 bits per heavy atom. The molecule has 17 heavy (non-hydrogen) atoms. The van der Waals surface area contributed by atoms with Crippen LogP contribution < -0.4 is 5.73 Å². The fourth-order valence-electron chi connectivity index (χ4n) is 1.48. The van der Waals surface area contributed by atoms with E-state index in [1.165, 1.54) is 4.90 Å². The molecule has 3 N–H and O–H groups in total. The van der Waals surface area contributed by atoms with Gasteiger partial charge in [-0.1, -0.05) is 20.8 Å². The molecule has 3 nitrogen and oxygen atoms in total. The summed E-state index contributed by atoms with van der Waals surface area (Å²) in [6, 6.07) is 0. The smallest absolute Gasteiger partial charge is 0.387 e. The maximum Gasteiger partial charge on any atom is 0.401 e. The Bertz CT molecular complexity index is 249. The van der Waals surface area contributed by atoms with Gasteiger partial charge in [-0.2, -0.15) is 13.2 Å². The average molecular weight is 253 g/mol. The van der Waals surface area contributed by atoms with Crippen LogP contribution in [0.25, 0.3) is 0 Å². The number of rotatable bonds is 7. The first-order chi connectivity index (χ1) is 7.58. The molecule has 0 unspecified atom stereocenters. The first kappa shape index (κ1) is 16.2. The van der Waals surface area contributed by atoms with E-state index < -0.39 is 18.1 Å². The molecule has 0 aromatic carbocycles. The van der Waals surface area contributed by atoms with Crippen LogP contribution in [0, 0.1) is 10.8 Å². The lowest BCUT2D eigenvalue weighted by atomic mass is 9.86. The van der Waals surface area contributed by atoms with E-state index >= 15 is 0 Å². The van der Waals surface area contributed by atoms with Crippen molar-refractivity contribution in [2.24, 2.45) is 11.1 Å². The summed E-state index contributed by atoms with van der Waals surface area (Å²) in [6.45, 7) is 5.25. The van der Waals surface area contributed by atoms with Crippen molar-refractivity contribution in [1.82, 2.24) is 4.90 Å². The number of alkyl halides is 3. The summed E-state index contributed by atoms with van der Waals surface area (Å²) in [5, 5.41) is 7.36. The van der Waals surface area contributed by atoms with Crippen molar-refractivity contribution in [3.8, 4) is 0 Å². The Morgan fingerprint density at radius 3 is 2.18 bits per heavy atom. The molecule has 0 heterocycles. The van der Waals surface area contributed by atoms with Gasteiger partial charge in [0.1, 0.15) is 0 Å². The Labute approximate surface area is 101 Å². The summed E-state index contributed by atoms with van der Waals surface area (Å²) in [5.74, 6) is 0.0800. The molecule has 0 rings (SSSR count). The van der Waals surface area contributed by atoms with Crippen molar-refractivity contribution >= 4 is 5.84 Å². The second-order valence-electron chi connectivity index (χ2n) is 4.89. The molecular weight excluding hydrogens is 231 g/mol. The molecule has 0 fully saturated rings. The first-order valence-electron chi connectivity index (χ1n) is 5.72. The van der Waals surface area contributed by atoms with Crippen LogP contribution >= 0.6 is 0 Å². The van der Waals surface area contributed by atoms with E-state index in [9.17, 15) is 13.2 Å². The van der Waals surface area contributed by atoms with Crippen LogP contribution in [0.1, 0.15) is 33.6 Å². The third kappa shape index (κ3) is 7.20. The molecule has 0 aliphatic rings. The van der Waals surface area contributed by atoms with Gasteiger partial charge >= 0.3 is 6.18 Å². The molecule has 0 bridgehead atoms. The molecule has 0 saturated heterocycles. The van der Waals surface area contributed by atoms with E-state index in [1.54, 1.807) is 6.92 Å². The van der Waals surface area contributed by atoms with Crippen LogP contribution in [0.5, 0.6) is 0 Å². The Morgan fingerprint density at radius 2 is 1.82 bits per heavy atom. The van der Waals surface area contributed by atoms with Crippen LogP contribution in [0.3, 0.4) is 0 Å². The zero-order chi connectivity index (χ0) is 13.7. The highest BCUT2D eigenvalue weighted by molar-refractivity contribution is 5.82. The van der Waals surface area contributed by atoms with E-state index in [2.05, 4.69) is 0 Å². The summed E-state index contributed by atoms with van der Waals surface area (Å²) in [4.78, 5) is 1.36. The van der Waals surface area contributed by atoms with Crippen molar-refractivity contribution < 1.29 is 13.2 Å². The maximum absolute atomic E-state index is 12.2. The molecule has 0 atom stereocenters. The quantitative estimate of drug-likeness (QED) is 0.541. The fourth-order valence-corrected chi connectivity index (χ4v) is 1.48. The van der Waals surface area contributed by atoms with Gasteiger partial charge in [0.15, 0.2) is 0 Å². The lowest BCUT2D eigenvalue weighted by molar-refractivity contribution is -0.145. The lowest BCUT2D eigenvalue weighted by Gasteiger charge is -2.26. The average Bonchev–Trinajstić information content (AvgIpc) is 2.13. The standard InChI is InChI=1S/C11H22F3N3/c1-4-17(8-11(12,13)14)7-5-6-10(2,3)9(15)16/h4-8H2,1-3H3,(H3,15,16). The minimum atomic E-state index is -4.15. The largest absolute Gasteiger partial charge is 0.401 e. The number of halogens is 3.